The summed E-state index contributed by atoms with van der Waals surface area (Å²) in [6.07, 6.45) is 2.66. The molecule has 166 valence electrons. The van der Waals surface area contributed by atoms with Gasteiger partial charge >= 0.3 is 0 Å². The first kappa shape index (κ1) is 22.1. The molecule has 1 aliphatic rings. The topological polar surface area (TPSA) is 67.2 Å². The fourth-order valence-electron chi connectivity index (χ4n) is 4.07. The first-order valence-corrected chi connectivity index (χ1v) is 11.3. The SMILES string of the molecule is Cc1nn(-c2ccccc2)c(Cl)c1C(=O)N1CCC(NC(=O)CCc2ccccc2)CC1. The standard InChI is InChI=1S/C25H27ClN4O2/c1-18-23(24(26)30(28-18)21-10-6-3-7-11-21)25(32)29-16-14-20(15-17-29)27-22(31)13-12-19-8-4-2-5-9-19/h2-11,20H,12-17H2,1H3,(H,27,31). The summed E-state index contributed by atoms with van der Waals surface area (Å²) < 4.78 is 1.60. The van der Waals surface area contributed by atoms with Crippen LogP contribution in [-0.2, 0) is 11.2 Å². The Bertz CT molecular complexity index is 1070. The monoisotopic (exact) mass is 450 g/mol. The highest BCUT2D eigenvalue weighted by molar-refractivity contribution is 6.33. The van der Waals surface area contributed by atoms with E-state index in [0.29, 0.717) is 35.9 Å². The molecule has 32 heavy (non-hydrogen) atoms. The molecule has 0 bridgehead atoms. The quantitative estimate of drug-likeness (QED) is 0.612. The fourth-order valence-corrected chi connectivity index (χ4v) is 4.42. The molecule has 1 aromatic heterocycles. The van der Waals surface area contributed by atoms with Gasteiger partial charge in [0.25, 0.3) is 5.91 Å². The molecule has 0 aliphatic carbocycles. The zero-order valence-electron chi connectivity index (χ0n) is 18.1. The van der Waals surface area contributed by atoms with Crippen LogP contribution in [0.2, 0.25) is 5.15 Å². The molecule has 0 atom stereocenters. The summed E-state index contributed by atoms with van der Waals surface area (Å²) in [5.41, 5.74) is 3.03. The Morgan fingerprint density at radius 2 is 1.66 bits per heavy atom. The molecular formula is C25H27ClN4O2. The molecule has 0 spiro atoms. The molecule has 0 unspecified atom stereocenters. The van der Waals surface area contributed by atoms with Gasteiger partial charge in [0, 0.05) is 25.6 Å². The normalized spacial score (nSPS) is 14.4. The molecule has 2 amide bonds. The van der Waals surface area contributed by atoms with Crippen molar-refractivity contribution in [2.45, 2.75) is 38.6 Å². The maximum absolute atomic E-state index is 13.2. The zero-order chi connectivity index (χ0) is 22.5. The Hall–Kier alpha value is -3.12. The highest BCUT2D eigenvalue weighted by Gasteiger charge is 2.29. The highest BCUT2D eigenvalue weighted by atomic mass is 35.5. The van der Waals surface area contributed by atoms with E-state index in [-0.39, 0.29) is 17.9 Å². The van der Waals surface area contributed by atoms with E-state index in [0.717, 1.165) is 30.5 Å². The number of aromatic nitrogens is 2. The number of para-hydroxylation sites is 1. The number of nitrogens with one attached hydrogen (secondary N) is 1. The van der Waals surface area contributed by atoms with E-state index in [2.05, 4.69) is 10.4 Å². The van der Waals surface area contributed by atoms with Crippen LogP contribution in [-0.4, -0.2) is 45.6 Å². The van der Waals surface area contributed by atoms with Crippen molar-refractivity contribution >= 4 is 23.4 Å². The van der Waals surface area contributed by atoms with Crippen LogP contribution in [0, 0.1) is 6.92 Å². The van der Waals surface area contributed by atoms with E-state index >= 15 is 0 Å². The third-order valence-electron chi connectivity index (χ3n) is 5.85. The summed E-state index contributed by atoms with van der Waals surface area (Å²) in [7, 11) is 0. The highest BCUT2D eigenvalue weighted by Crippen LogP contribution is 2.26. The number of aryl methyl sites for hydroxylation is 2. The predicted molar refractivity (Wildman–Crippen MR) is 125 cm³/mol. The van der Waals surface area contributed by atoms with Gasteiger partial charge in [0.05, 0.1) is 16.9 Å². The van der Waals surface area contributed by atoms with E-state index in [9.17, 15) is 9.59 Å². The summed E-state index contributed by atoms with van der Waals surface area (Å²) in [4.78, 5) is 27.3. The van der Waals surface area contributed by atoms with Crippen LogP contribution in [0.25, 0.3) is 5.69 Å². The minimum atomic E-state index is -0.108. The molecule has 2 aromatic carbocycles. The second-order valence-corrected chi connectivity index (χ2v) is 8.48. The predicted octanol–water partition coefficient (Wildman–Crippen LogP) is 4.19. The largest absolute Gasteiger partial charge is 0.353 e. The molecular weight excluding hydrogens is 424 g/mol. The maximum atomic E-state index is 13.2. The number of hydrogen-bond donors (Lipinski definition) is 1. The Morgan fingerprint density at radius 3 is 2.31 bits per heavy atom. The second-order valence-electron chi connectivity index (χ2n) is 8.12. The van der Waals surface area contributed by atoms with Crippen LogP contribution in [0.1, 0.15) is 40.9 Å². The molecule has 6 nitrogen and oxygen atoms in total. The molecule has 7 heteroatoms. The van der Waals surface area contributed by atoms with Gasteiger partial charge in [-0.2, -0.15) is 5.10 Å². The lowest BCUT2D eigenvalue weighted by molar-refractivity contribution is -0.122. The van der Waals surface area contributed by atoms with Crippen LogP contribution < -0.4 is 5.32 Å². The minimum Gasteiger partial charge on any atom is -0.353 e. The average Bonchev–Trinajstić information content (AvgIpc) is 3.13. The smallest absolute Gasteiger partial charge is 0.258 e. The van der Waals surface area contributed by atoms with Crippen LogP contribution in [0.4, 0.5) is 0 Å². The summed E-state index contributed by atoms with van der Waals surface area (Å²) in [6.45, 7) is 2.96. The molecule has 2 heterocycles. The number of amides is 2. The van der Waals surface area contributed by atoms with Crippen molar-refractivity contribution in [2.75, 3.05) is 13.1 Å². The lowest BCUT2D eigenvalue weighted by atomic mass is 10.0. The molecule has 1 aliphatic heterocycles. The molecule has 3 aromatic rings. The van der Waals surface area contributed by atoms with E-state index < -0.39 is 0 Å². The van der Waals surface area contributed by atoms with Crippen LogP contribution in [0.3, 0.4) is 0 Å². The van der Waals surface area contributed by atoms with Gasteiger partial charge in [-0.1, -0.05) is 60.1 Å². The van der Waals surface area contributed by atoms with E-state index in [1.165, 1.54) is 0 Å². The van der Waals surface area contributed by atoms with Gasteiger partial charge in [-0.25, -0.2) is 4.68 Å². The summed E-state index contributed by atoms with van der Waals surface area (Å²) in [6, 6.07) is 19.6. The lowest BCUT2D eigenvalue weighted by Crippen LogP contribution is -2.46. The third-order valence-corrected chi connectivity index (χ3v) is 6.20. The number of benzene rings is 2. The van der Waals surface area contributed by atoms with Crippen molar-refractivity contribution in [1.82, 2.24) is 20.0 Å². The number of hydrogen-bond acceptors (Lipinski definition) is 3. The molecule has 1 saturated heterocycles. The Morgan fingerprint density at radius 1 is 1.03 bits per heavy atom. The number of rotatable bonds is 6. The van der Waals surface area contributed by atoms with Crippen LogP contribution >= 0.6 is 11.6 Å². The van der Waals surface area contributed by atoms with Gasteiger partial charge in [-0.3, -0.25) is 9.59 Å². The van der Waals surface area contributed by atoms with E-state index in [1.54, 1.807) is 16.5 Å². The van der Waals surface area contributed by atoms with Crippen LogP contribution in [0.15, 0.2) is 60.7 Å². The number of carbonyl (C=O) groups excluding carboxylic acids is 2. The van der Waals surface area contributed by atoms with Crippen molar-refractivity contribution in [3.05, 3.63) is 82.6 Å². The Balaban J connectivity index is 1.32. The van der Waals surface area contributed by atoms with E-state index in [1.807, 2.05) is 60.7 Å². The minimum absolute atomic E-state index is 0.0571. The molecule has 1 fully saturated rings. The first-order chi connectivity index (χ1) is 15.5. The fraction of sp³-hybridized carbons (Fsp3) is 0.320. The van der Waals surface area contributed by atoms with E-state index in [4.69, 9.17) is 11.6 Å². The number of halogens is 1. The zero-order valence-corrected chi connectivity index (χ0v) is 18.9. The third kappa shape index (κ3) is 5.02. The number of nitrogens with zero attached hydrogens (tertiary/aromatic N) is 3. The number of carbonyl (C=O) groups is 2. The molecule has 4 rings (SSSR count). The number of piperidine rings is 1. The van der Waals surface area contributed by atoms with Gasteiger partial charge < -0.3 is 10.2 Å². The lowest BCUT2D eigenvalue weighted by Gasteiger charge is -2.32. The Labute approximate surface area is 193 Å². The molecule has 0 saturated carbocycles. The van der Waals surface area contributed by atoms with Crippen LogP contribution in [0.5, 0.6) is 0 Å². The first-order valence-electron chi connectivity index (χ1n) is 11.0. The molecule has 0 radical (unpaired) electrons. The summed E-state index contributed by atoms with van der Waals surface area (Å²) in [5.74, 6) is -0.0507. The van der Waals surface area contributed by atoms with Gasteiger partial charge in [0.1, 0.15) is 5.15 Å². The van der Waals surface area contributed by atoms with Crippen molar-refractivity contribution < 1.29 is 9.59 Å². The Kier molecular flexibility index (Phi) is 6.90. The van der Waals surface area contributed by atoms with Crippen molar-refractivity contribution in [3.8, 4) is 5.69 Å². The summed E-state index contributed by atoms with van der Waals surface area (Å²) >= 11 is 6.56. The molecule has 1 N–H and O–H groups in total. The summed E-state index contributed by atoms with van der Waals surface area (Å²) in [5, 5.41) is 7.92. The average molecular weight is 451 g/mol. The van der Waals surface area contributed by atoms with Crippen molar-refractivity contribution in [2.24, 2.45) is 0 Å². The van der Waals surface area contributed by atoms with Gasteiger partial charge in [-0.05, 0) is 43.9 Å². The second kappa shape index (κ2) is 10.0. The van der Waals surface area contributed by atoms with Gasteiger partial charge in [0.15, 0.2) is 0 Å². The van der Waals surface area contributed by atoms with Gasteiger partial charge in [0.2, 0.25) is 5.91 Å². The van der Waals surface area contributed by atoms with Crippen molar-refractivity contribution in [3.63, 3.8) is 0 Å². The van der Waals surface area contributed by atoms with Crippen molar-refractivity contribution in [1.29, 1.82) is 0 Å². The number of likely N-dealkylation sites (tertiary alicyclic amines) is 1. The maximum Gasteiger partial charge on any atom is 0.258 e. The van der Waals surface area contributed by atoms with Gasteiger partial charge in [-0.15, -0.1) is 0 Å².